The van der Waals surface area contributed by atoms with E-state index >= 15 is 0 Å². The standard InChI is InChI=1S/C16H24N2/c1-13(2)5-4-11-18-12-9-15-14(8-10-17)6-3-7-16(15)18/h3,6-7,9,12-13H,4-5,8,10-11,17H2,1-2H3. The molecule has 18 heavy (non-hydrogen) atoms. The molecule has 0 amide bonds. The maximum absolute atomic E-state index is 5.67. The first-order valence-corrected chi connectivity index (χ1v) is 6.99. The van der Waals surface area contributed by atoms with Crippen molar-refractivity contribution in [3.8, 4) is 0 Å². The summed E-state index contributed by atoms with van der Waals surface area (Å²) in [6.45, 7) is 6.41. The average Bonchev–Trinajstić information content (AvgIpc) is 2.74. The number of nitrogens with two attached hydrogens (primary N) is 1. The molecule has 0 atom stereocenters. The average molecular weight is 244 g/mol. The summed E-state index contributed by atoms with van der Waals surface area (Å²) in [7, 11) is 0. The summed E-state index contributed by atoms with van der Waals surface area (Å²) < 4.78 is 2.37. The Bertz CT molecular complexity index is 497. The van der Waals surface area contributed by atoms with Crippen LogP contribution in [-0.4, -0.2) is 11.1 Å². The second-order valence-electron chi connectivity index (χ2n) is 5.43. The van der Waals surface area contributed by atoms with Gasteiger partial charge in [-0.1, -0.05) is 26.0 Å². The molecule has 2 N–H and O–H groups in total. The molecule has 0 aliphatic rings. The fourth-order valence-corrected chi connectivity index (χ4v) is 2.53. The minimum Gasteiger partial charge on any atom is -0.347 e. The third kappa shape index (κ3) is 2.94. The van der Waals surface area contributed by atoms with E-state index in [1.807, 2.05) is 0 Å². The van der Waals surface area contributed by atoms with E-state index in [-0.39, 0.29) is 0 Å². The van der Waals surface area contributed by atoms with Crippen LogP contribution in [0.2, 0.25) is 0 Å². The van der Waals surface area contributed by atoms with Gasteiger partial charge in [-0.05, 0) is 49.4 Å². The summed E-state index contributed by atoms with van der Waals surface area (Å²) in [4.78, 5) is 0. The molecule has 0 fully saturated rings. The van der Waals surface area contributed by atoms with Crippen LogP contribution in [-0.2, 0) is 13.0 Å². The summed E-state index contributed by atoms with van der Waals surface area (Å²) in [5, 5.41) is 1.37. The second kappa shape index (κ2) is 6.05. The number of rotatable bonds is 6. The van der Waals surface area contributed by atoms with Crippen LogP contribution in [0.3, 0.4) is 0 Å². The van der Waals surface area contributed by atoms with Gasteiger partial charge in [-0.25, -0.2) is 0 Å². The van der Waals surface area contributed by atoms with Crippen molar-refractivity contribution in [2.75, 3.05) is 6.54 Å². The molecule has 2 nitrogen and oxygen atoms in total. The smallest absolute Gasteiger partial charge is 0.0483 e. The Labute approximate surface area is 110 Å². The van der Waals surface area contributed by atoms with Gasteiger partial charge in [-0.15, -0.1) is 0 Å². The maximum atomic E-state index is 5.67. The Balaban J connectivity index is 2.17. The van der Waals surface area contributed by atoms with Gasteiger partial charge in [0.05, 0.1) is 0 Å². The third-order valence-corrected chi connectivity index (χ3v) is 3.50. The van der Waals surface area contributed by atoms with Gasteiger partial charge in [-0.2, -0.15) is 0 Å². The molecule has 2 heteroatoms. The SMILES string of the molecule is CC(C)CCCn1ccc2c(CCN)cccc21. The Kier molecular flexibility index (Phi) is 4.43. The molecule has 0 spiro atoms. The van der Waals surface area contributed by atoms with E-state index in [0.717, 1.165) is 25.4 Å². The number of benzene rings is 1. The Morgan fingerprint density at radius 2 is 2.06 bits per heavy atom. The van der Waals surface area contributed by atoms with Gasteiger partial charge in [0.1, 0.15) is 0 Å². The Hall–Kier alpha value is -1.28. The van der Waals surface area contributed by atoms with Crippen LogP contribution in [0.15, 0.2) is 30.5 Å². The molecule has 0 aliphatic heterocycles. The van der Waals surface area contributed by atoms with Gasteiger partial charge in [0.15, 0.2) is 0 Å². The van der Waals surface area contributed by atoms with Gasteiger partial charge in [0, 0.05) is 23.6 Å². The van der Waals surface area contributed by atoms with Crippen molar-refractivity contribution < 1.29 is 0 Å². The number of aromatic nitrogens is 1. The molecule has 0 aliphatic carbocycles. The molecule has 1 heterocycles. The van der Waals surface area contributed by atoms with Crippen LogP contribution in [0, 0.1) is 5.92 Å². The summed E-state index contributed by atoms with van der Waals surface area (Å²) in [5.41, 5.74) is 8.39. The zero-order valence-corrected chi connectivity index (χ0v) is 11.5. The fraction of sp³-hybridized carbons (Fsp3) is 0.500. The van der Waals surface area contributed by atoms with Crippen LogP contribution < -0.4 is 5.73 Å². The van der Waals surface area contributed by atoms with E-state index in [1.54, 1.807) is 0 Å². The van der Waals surface area contributed by atoms with Crippen molar-refractivity contribution in [3.63, 3.8) is 0 Å². The lowest BCUT2D eigenvalue weighted by Gasteiger charge is -2.08. The van der Waals surface area contributed by atoms with Crippen LogP contribution in [0.1, 0.15) is 32.3 Å². The highest BCUT2D eigenvalue weighted by Gasteiger charge is 2.05. The molecule has 98 valence electrons. The fourth-order valence-electron chi connectivity index (χ4n) is 2.53. The molecular formula is C16H24N2. The van der Waals surface area contributed by atoms with E-state index in [2.05, 4.69) is 48.9 Å². The van der Waals surface area contributed by atoms with E-state index < -0.39 is 0 Å². The summed E-state index contributed by atoms with van der Waals surface area (Å²) in [5.74, 6) is 0.791. The van der Waals surface area contributed by atoms with Crippen molar-refractivity contribution in [3.05, 3.63) is 36.0 Å². The van der Waals surface area contributed by atoms with Crippen molar-refractivity contribution in [2.45, 2.75) is 39.7 Å². The highest BCUT2D eigenvalue weighted by atomic mass is 14.9. The normalized spacial score (nSPS) is 11.6. The van der Waals surface area contributed by atoms with Crippen LogP contribution >= 0.6 is 0 Å². The predicted octanol–water partition coefficient (Wildman–Crippen LogP) is 3.58. The topological polar surface area (TPSA) is 30.9 Å². The Morgan fingerprint density at radius 1 is 1.22 bits per heavy atom. The quantitative estimate of drug-likeness (QED) is 0.827. The van der Waals surface area contributed by atoms with E-state index in [4.69, 9.17) is 5.73 Å². The third-order valence-electron chi connectivity index (χ3n) is 3.50. The Morgan fingerprint density at radius 3 is 2.78 bits per heavy atom. The summed E-state index contributed by atoms with van der Waals surface area (Å²) in [6.07, 6.45) is 5.73. The predicted molar refractivity (Wildman–Crippen MR) is 78.8 cm³/mol. The minimum atomic E-state index is 0.720. The number of fused-ring (bicyclic) bond motifs is 1. The van der Waals surface area contributed by atoms with Gasteiger partial charge in [0.2, 0.25) is 0 Å². The maximum Gasteiger partial charge on any atom is 0.0483 e. The van der Waals surface area contributed by atoms with Gasteiger partial charge in [-0.3, -0.25) is 0 Å². The molecule has 0 saturated carbocycles. The van der Waals surface area contributed by atoms with E-state index in [9.17, 15) is 0 Å². The van der Waals surface area contributed by atoms with Crippen molar-refractivity contribution in [1.82, 2.24) is 4.57 Å². The molecule has 2 aromatic rings. The van der Waals surface area contributed by atoms with Crippen molar-refractivity contribution in [1.29, 1.82) is 0 Å². The lowest BCUT2D eigenvalue weighted by atomic mass is 10.1. The highest BCUT2D eigenvalue weighted by molar-refractivity contribution is 5.83. The molecule has 0 saturated heterocycles. The molecule has 0 bridgehead atoms. The van der Waals surface area contributed by atoms with Gasteiger partial charge < -0.3 is 10.3 Å². The zero-order chi connectivity index (χ0) is 13.0. The molecule has 1 aromatic heterocycles. The van der Waals surface area contributed by atoms with Gasteiger partial charge >= 0.3 is 0 Å². The largest absolute Gasteiger partial charge is 0.347 e. The van der Waals surface area contributed by atoms with Crippen LogP contribution in [0.5, 0.6) is 0 Å². The first kappa shape index (κ1) is 13.2. The molecule has 1 aromatic carbocycles. The van der Waals surface area contributed by atoms with Crippen LogP contribution in [0.4, 0.5) is 0 Å². The van der Waals surface area contributed by atoms with Gasteiger partial charge in [0.25, 0.3) is 0 Å². The molecule has 2 rings (SSSR count). The summed E-state index contributed by atoms with van der Waals surface area (Å²) >= 11 is 0. The van der Waals surface area contributed by atoms with Crippen LogP contribution in [0.25, 0.3) is 10.9 Å². The lowest BCUT2D eigenvalue weighted by molar-refractivity contribution is 0.518. The zero-order valence-electron chi connectivity index (χ0n) is 11.5. The lowest BCUT2D eigenvalue weighted by Crippen LogP contribution is -2.03. The van der Waals surface area contributed by atoms with Crippen molar-refractivity contribution >= 4 is 10.9 Å². The number of nitrogens with zero attached hydrogens (tertiary/aromatic N) is 1. The second-order valence-corrected chi connectivity index (χ2v) is 5.43. The number of hydrogen-bond acceptors (Lipinski definition) is 1. The summed E-state index contributed by atoms with van der Waals surface area (Å²) in [6, 6.07) is 8.78. The number of aryl methyl sites for hydroxylation is 1. The first-order valence-electron chi connectivity index (χ1n) is 6.99. The monoisotopic (exact) mass is 244 g/mol. The first-order chi connectivity index (χ1) is 8.72. The van der Waals surface area contributed by atoms with Crippen molar-refractivity contribution in [2.24, 2.45) is 11.7 Å². The van der Waals surface area contributed by atoms with E-state index in [1.165, 1.54) is 29.3 Å². The highest BCUT2D eigenvalue weighted by Crippen LogP contribution is 2.21. The number of hydrogen-bond donors (Lipinski definition) is 1. The minimum absolute atomic E-state index is 0.720. The molecule has 0 radical (unpaired) electrons. The molecule has 0 unspecified atom stereocenters. The van der Waals surface area contributed by atoms with E-state index in [0.29, 0.717) is 0 Å². The molecular weight excluding hydrogens is 220 g/mol.